The van der Waals surface area contributed by atoms with Crippen LogP contribution in [0.5, 0.6) is 0 Å². The maximum absolute atomic E-state index is 5.66. The molecule has 0 heterocycles. The predicted octanol–water partition coefficient (Wildman–Crippen LogP) is 8.02. The van der Waals surface area contributed by atoms with Crippen LogP contribution in [-0.4, -0.2) is 12.5 Å². The molecule has 0 N–H and O–H groups in total. The number of hydrogen-bond donors (Lipinski definition) is 0. The molecule has 0 atom stereocenters. The number of ether oxygens (including phenoxy) is 1. The molecule has 0 saturated heterocycles. The maximum Gasteiger partial charge on any atom is 0.0873 e. The van der Waals surface area contributed by atoms with Crippen LogP contribution >= 0.6 is 11.6 Å². The first-order valence-corrected chi connectivity index (χ1v) is 10.8. The molecule has 138 valence electrons. The number of unbranched alkanes of at least 4 members (excludes halogenated alkanes) is 14. The molecular formula is C21H41ClO. The summed E-state index contributed by atoms with van der Waals surface area (Å²) in [5, 5.41) is 0. The average molecular weight is 345 g/mol. The lowest BCUT2D eigenvalue weighted by atomic mass is 10.1. The number of allylic oxidation sites excluding steroid dienone is 1. The average Bonchev–Trinajstić information content (AvgIpc) is 2.57. The fourth-order valence-electron chi connectivity index (χ4n) is 2.76. The van der Waals surface area contributed by atoms with Gasteiger partial charge in [0.15, 0.2) is 0 Å². The normalized spacial score (nSPS) is 11.4. The SMILES string of the molecule is CCCCCCCCCC=COCCCCCCCCCCCl. The number of hydrogen-bond acceptors (Lipinski definition) is 1. The van der Waals surface area contributed by atoms with Crippen molar-refractivity contribution in [2.75, 3.05) is 12.5 Å². The van der Waals surface area contributed by atoms with Crippen LogP contribution in [0.15, 0.2) is 12.3 Å². The molecule has 0 bridgehead atoms. The van der Waals surface area contributed by atoms with Crippen molar-refractivity contribution in [2.45, 2.75) is 110 Å². The van der Waals surface area contributed by atoms with Crippen molar-refractivity contribution in [1.82, 2.24) is 0 Å². The van der Waals surface area contributed by atoms with Crippen LogP contribution in [0.3, 0.4) is 0 Å². The molecule has 0 aromatic carbocycles. The second-order valence-electron chi connectivity index (χ2n) is 6.67. The van der Waals surface area contributed by atoms with E-state index in [0.29, 0.717) is 0 Å². The summed E-state index contributed by atoms with van der Waals surface area (Å²) in [6.45, 7) is 3.16. The Morgan fingerprint density at radius 2 is 1.17 bits per heavy atom. The van der Waals surface area contributed by atoms with E-state index < -0.39 is 0 Å². The minimum absolute atomic E-state index is 0.823. The van der Waals surface area contributed by atoms with E-state index in [1.165, 1.54) is 103 Å². The lowest BCUT2D eigenvalue weighted by Crippen LogP contribution is -1.88. The Balaban J connectivity index is 3.03. The summed E-state index contributed by atoms with van der Waals surface area (Å²) in [4.78, 5) is 0. The molecule has 0 rings (SSSR count). The van der Waals surface area contributed by atoms with E-state index in [9.17, 15) is 0 Å². The highest BCUT2D eigenvalue weighted by Gasteiger charge is 1.92. The summed E-state index contributed by atoms with van der Waals surface area (Å²) in [5.74, 6) is 0.823. The van der Waals surface area contributed by atoms with Crippen LogP contribution in [0.2, 0.25) is 0 Å². The van der Waals surface area contributed by atoms with Gasteiger partial charge in [-0.05, 0) is 31.8 Å². The van der Waals surface area contributed by atoms with Crippen LogP contribution < -0.4 is 0 Å². The molecular weight excluding hydrogens is 304 g/mol. The van der Waals surface area contributed by atoms with Crippen molar-refractivity contribution in [3.63, 3.8) is 0 Å². The van der Waals surface area contributed by atoms with E-state index in [1.807, 2.05) is 6.26 Å². The standard InChI is InChI=1S/C21H41ClO/c1-2-3-4-5-6-8-11-14-17-20-23-21-18-15-12-9-7-10-13-16-19-22/h17,20H,2-16,18-19,21H2,1H3. The lowest BCUT2D eigenvalue weighted by Gasteiger charge is -2.02. The van der Waals surface area contributed by atoms with E-state index in [1.54, 1.807) is 0 Å². The third kappa shape index (κ3) is 21.8. The number of alkyl halides is 1. The van der Waals surface area contributed by atoms with Gasteiger partial charge in [0.2, 0.25) is 0 Å². The molecule has 0 saturated carbocycles. The molecule has 0 radical (unpaired) electrons. The quantitative estimate of drug-likeness (QED) is 0.131. The Morgan fingerprint density at radius 3 is 1.78 bits per heavy atom. The Bertz CT molecular complexity index is 228. The van der Waals surface area contributed by atoms with Crippen LogP contribution in [0, 0.1) is 0 Å². The molecule has 0 fully saturated rings. The lowest BCUT2D eigenvalue weighted by molar-refractivity contribution is 0.239. The van der Waals surface area contributed by atoms with Gasteiger partial charge in [-0.15, -0.1) is 11.6 Å². The third-order valence-corrected chi connectivity index (χ3v) is 4.58. The molecule has 0 amide bonds. The topological polar surface area (TPSA) is 9.23 Å². The van der Waals surface area contributed by atoms with Crippen molar-refractivity contribution in [3.05, 3.63) is 12.3 Å². The predicted molar refractivity (Wildman–Crippen MR) is 105 cm³/mol. The third-order valence-electron chi connectivity index (χ3n) is 4.31. The second-order valence-corrected chi connectivity index (χ2v) is 7.05. The van der Waals surface area contributed by atoms with Gasteiger partial charge >= 0.3 is 0 Å². The fourth-order valence-corrected chi connectivity index (χ4v) is 2.95. The van der Waals surface area contributed by atoms with Crippen LogP contribution in [0.1, 0.15) is 110 Å². The van der Waals surface area contributed by atoms with E-state index in [4.69, 9.17) is 16.3 Å². The van der Waals surface area contributed by atoms with E-state index >= 15 is 0 Å². The Labute approximate surface area is 151 Å². The van der Waals surface area contributed by atoms with Gasteiger partial charge in [-0.25, -0.2) is 0 Å². The van der Waals surface area contributed by atoms with Crippen molar-refractivity contribution in [1.29, 1.82) is 0 Å². The highest BCUT2D eigenvalue weighted by Crippen LogP contribution is 2.10. The second kappa shape index (κ2) is 21.8. The minimum atomic E-state index is 0.823. The zero-order valence-corrected chi connectivity index (χ0v) is 16.4. The number of halogens is 1. The summed E-state index contributed by atoms with van der Waals surface area (Å²) in [6.07, 6.45) is 25.4. The Morgan fingerprint density at radius 1 is 0.652 bits per heavy atom. The summed E-state index contributed by atoms with van der Waals surface area (Å²) in [6, 6.07) is 0. The molecule has 2 heteroatoms. The smallest absolute Gasteiger partial charge is 0.0873 e. The first-order valence-electron chi connectivity index (χ1n) is 10.2. The van der Waals surface area contributed by atoms with Gasteiger partial charge in [0.25, 0.3) is 0 Å². The molecule has 23 heavy (non-hydrogen) atoms. The first kappa shape index (κ1) is 22.8. The molecule has 1 nitrogen and oxygen atoms in total. The molecule has 0 unspecified atom stereocenters. The first-order chi connectivity index (χ1) is 11.4. The molecule has 0 aromatic heterocycles. The monoisotopic (exact) mass is 344 g/mol. The van der Waals surface area contributed by atoms with Gasteiger partial charge in [-0.2, -0.15) is 0 Å². The zero-order valence-electron chi connectivity index (χ0n) is 15.7. The highest BCUT2D eigenvalue weighted by atomic mass is 35.5. The Kier molecular flexibility index (Phi) is 21.7. The minimum Gasteiger partial charge on any atom is -0.502 e. The molecule has 0 aliphatic rings. The van der Waals surface area contributed by atoms with Crippen molar-refractivity contribution in [2.24, 2.45) is 0 Å². The zero-order chi connectivity index (χ0) is 16.8. The summed E-state index contributed by atoms with van der Waals surface area (Å²) in [7, 11) is 0. The van der Waals surface area contributed by atoms with Crippen molar-refractivity contribution in [3.8, 4) is 0 Å². The summed E-state index contributed by atoms with van der Waals surface area (Å²) < 4.78 is 5.56. The largest absolute Gasteiger partial charge is 0.502 e. The van der Waals surface area contributed by atoms with Gasteiger partial charge in [0.05, 0.1) is 12.9 Å². The van der Waals surface area contributed by atoms with Crippen LogP contribution in [0.25, 0.3) is 0 Å². The van der Waals surface area contributed by atoms with Gasteiger partial charge in [0.1, 0.15) is 0 Å². The van der Waals surface area contributed by atoms with Gasteiger partial charge in [-0.3, -0.25) is 0 Å². The van der Waals surface area contributed by atoms with Crippen molar-refractivity contribution < 1.29 is 4.74 Å². The molecule has 0 aliphatic carbocycles. The van der Waals surface area contributed by atoms with Gasteiger partial charge in [0, 0.05) is 5.88 Å². The molecule has 0 aromatic rings. The van der Waals surface area contributed by atoms with Crippen LogP contribution in [-0.2, 0) is 4.74 Å². The maximum atomic E-state index is 5.66. The van der Waals surface area contributed by atoms with E-state index in [2.05, 4.69) is 13.0 Å². The van der Waals surface area contributed by atoms with E-state index in [-0.39, 0.29) is 0 Å². The number of rotatable bonds is 19. The fraction of sp³-hybridized carbons (Fsp3) is 0.905. The molecule has 0 aliphatic heterocycles. The van der Waals surface area contributed by atoms with Gasteiger partial charge in [-0.1, -0.05) is 84.0 Å². The highest BCUT2D eigenvalue weighted by molar-refractivity contribution is 6.17. The summed E-state index contributed by atoms with van der Waals surface area (Å²) >= 11 is 5.66. The van der Waals surface area contributed by atoms with E-state index in [0.717, 1.165) is 12.5 Å². The van der Waals surface area contributed by atoms with Gasteiger partial charge < -0.3 is 4.74 Å². The summed E-state index contributed by atoms with van der Waals surface area (Å²) in [5.41, 5.74) is 0. The Hall–Kier alpha value is -0.170. The van der Waals surface area contributed by atoms with Crippen molar-refractivity contribution >= 4 is 11.6 Å². The van der Waals surface area contributed by atoms with Crippen LogP contribution in [0.4, 0.5) is 0 Å². The molecule has 0 spiro atoms.